The Labute approximate surface area is 171 Å². The third-order valence-corrected chi connectivity index (χ3v) is 6.36. The molecule has 6 nitrogen and oxygen atoms in total. The second kappa shape index (κ2) is 8.51. The first-order chi connectivity index (χ1) is 14.0. The minimum absolute atomic E-state index is 0.0952. The van der Waals surface area contributed by atoms with Gasteiger partial charge in [0, 0.05) is 45.8 Å². The number of fused-ring (bicyclic) bond motifs is 1. The van der Waals surface area contributed by atoms with Crippen molar-refractivity contribution in [3.05, 3.63) is 48.0 Å². The lowest BCUT2D eigenvalue weighted by molar-refractivity contribution is -0.142. The Kier molecular flexibility index (Phi) is 5.83. The lowest BCUT2D eigenvalue weighted by Crippen LogP contribution is -2.50. The molecule has 2 heterocycles. The molecular weight excluding hydrogens is 366 g/mol. The van der Waals surface area contributed by atoms with Crippen LogP contribution in [0.1, 0.15) is 12.5 Å². The number of hydrogen-bond acceptors (Lipinski definition) is 4. The second-order valence-corrected chi connectivity index (χ2v) is 8.41. The molecule has 2 aromatic rings. The monoisotopic (exact) mass is 395 g/mol. The molecule has 0 saturated carbocycles. The number of carbonyl (C=O) groups is 2. The van der Waals surface area contributed by atoms with Gasteiger partial charge >= 0.3 is 5.97 Å². The van der Waals surface area contributed by atoms with Crippen molar-refractivity contribution in [1.29, 1.82) is 0 Å². The molecule has 2 saturated heterocycles. The van der Waals surface area contributed by atoms with Crippen molar-refractivity contribution in [2.45, 2.75) is 13.5 Å². The van der Waals surface area contributed by atoms with E-state index in [1.807, 2.05) is 16.7 Å². The van der Waals surface area contributed by atoms with Crippen molar-refractivity contribution in [3.8, 4) is 0 Å². The molecule has 0 unspecified atom stereocenters. The summed E-state index contributed by atoms with van der Waals surface area (Å²) in [5, 5.41) is 11.8. The van der Waals surface area contributed by atoms with Crippen LogP contribution in [-0.2, 0) is 16.1 Å². The summed E-state index contributed by atoms with van der Waals surface area (Å²) in [4.78, 5) is 30.3. The molecule has 0 radical (unpaired) electrons. The van der Waals surface area contributed by atoms with Gasteiger partial charge in [-0.3, -0.25) is 19.4 Å². The Balaban J connectivity index is 1.29. The fraction of sp³-hybridized carbons (Fsp3) is 0.478. The summed E-state index contributed by atoms with van der Waals surface area (Å²) in [6.45, 7) is 7.53. The van der Waals surface area contributed by atoms with Gasteiger partial charge in [-0.25, -0.2) is 0 Å². The van der Waals surface area contributed by atoms with Gasteiger partial charge in [0.15, 0.2) is 0 Å². The van der Waals surface area contributed by atoms with E-state index in [4.69, 9.17) is 0 Å². The highest BCUT2D eigenvalue weighted by Gasteiger charge is 2.36. The first-order valence-corrected chi connectivity index (χ1v) is 10.4. The average molecular weight is 396 g/mol. The highest BCUT2D eigenvalue weighted by molar-refractivity contribution is 5.85. The molecule has 6 heteroatoms. The van der Waals surface area contributed by atoms with Crippen molar-refractivity contribution >= 4 is 22.6 Å². The molecule has 2 atom stereocenters. The fourth-order valence-corrected chi connectivity index (χ4v) is 4.64. The van der Waals surface area contributed by atoms with Crippen LogP contribution in [-0.4, -0.2) is 77.5 Å². The van der Waals surface area contributed by atoms with E-state index in [9.17, 15) is 14.7 Å². The number of carboxylic acid groups (broad SMARTS) is 1. The van der Waals surface area contributed by atoms with Crippen LogP contribution >= 0.6 is 0 Å². The predicted octanol–water partition coefficient (Wildman–Crippen LogP) is 2.14. The summed E-state index contributed by atoms with van der Waals surface area (Å²) in [5.74, 6) is -0.902. The van der Waals surface area contributed by atoms with E-state index in [2.05, 4.69) is 47.4 Å². The summed E-state index contributed by atoms with van der Waals surface area (Å²) >= 11 is 0. The largest absolute Gasteiger partial charge is 0.481 e. The van der Waals surface area contributed by atoms with E-state index in [-0.39, 0.29) is 17.7 Å². The highest BCUT2D eigenvalue weighted by Crippen LogP contribution is 2.23. The quantitative estimate of drug-likeness (QED) is 0.840. The molecule has 0 aromatic heterocycles. The number of carbonyl (C=O) groups excluding carboxylic acids is 1. The van der Waals surface area contributed by atoms with E-state index in [0.717, 1.165) is 32.7 Å². The topological polar surface area (TPSA) is 64.1 Å². The molecule has 154 valence electrons. The zero-order valence-corrected chi connectivity index (χ0v) is 17.0. The number of carboxylic acids is 1. The van der Waals surface area contributed by atoms with Gasteiger partial charge in [-0.05, 0) is 22.3 Å². The Hall–Kier alpha value is -2.44. The number of piperazine rings is 1. The van der Waals surface area contributed by atoms with Crippen LogP contribution in [0.3, 0.4) is 0 Å². The van der Waals surface area contributed by atoms with Crippen molar-refractivity contribution in [2.75, 3.05) is 45.8 Å². The molecule has 4 rings (SSSR count). The Morgan fingerprint density at radius 1 is 0.966 bits per heavy atom. The van der Waals surface area contributed by atoms with Gasteiger partial charge in [0.1, 0.15) is 0 Å². The van der Waals surface area contributed by atoms with E-state index >= 15 is 0 Å². The minimum Gasteiger partial charge on any atom is -0.481 e. The Morgan fingerprint density at radius 2 is 1.69 bits per heavy atom. The summed E-state index contributed by atoms with van der Waals surface area (Å²) < 4.78 is 0. The first kappa shape index (κ1) is 19.9. The molecular formula is C23H29N3O3. The number of nitrogens with zero attached hydrogens (tertiary/aromatic N) is 3. The number of likely N-dealkylation sites (tertiary alicyclic amines) is 1. The van der Waals surface area contributed by atoms with E-state index in [1.54, 1.807) is 0 Å². The van der Waals surface area contributed by atoms with Crippen LogP contribution in [0.25, 0.3) is 10.8 Å². The van der Waals surface area contributed by atoms with Crippen LogP contribution in [0.15, 0.2) is 42.5 Å². The van der Waals surface area contributed by atoms with Crippen molar-refractivity contribution in [2.24, 2.45) is 11.8 Å². The third-order valence-electron chi connectivity index (χ3n) is 6.36. The summed E-state index contributed by atoms with van der Waals surface area (Å²) in [7, 11) is 0. The molecule has 2 aliphatic heterocycles. The number of hydrogen-bond donors (Lipinski definition) is 1. The van der Waals surface area contributed by atoms with Crippen LogP contribution in [0.2, 0.25) is 0 Å². The van der Waals surface area contributed by atoms with Crippen LogP contribution in [0.5, 0.6) is 0 Å². The fourth-order valence-electron chi connectivity index (χ4n) is 4.64. The molecule has 0 spiro atoms. The van der Waals surface area contributed by atoms with Gasteiger partial charge in [-0.15, -0.1) is 0 Å². The summed E-state index contributed by atoms with van der Waals surface area (Å²) in [6.07, 6.45) is 0. The number of amides is 1. The smallest absolute Gasteiger partial charge is 0.308 e. The maximum Gasteiger partial charge on any atom is 0.308 e. The summed E-state index contributed by atoms with van der Waals surface area (Å²) in [5.41, 5.74) is 1.33. The second-order valence-electron chi connectivity index (χ2n) is 8.41. The summed E-state index contributed by atoms with van der Waals surface area (Å²) in [6, 6.07) is 14.9. The van der Waals surface area contributed by atoms with Gasteiger partial charge < -0.3 is 10.0 Å². The Bertz CT molecular complexity index is 887. The molecule has 2 aliphatic rings. The number of benzene rings is 2. The molecule has 29 heavy (non-hydrogen) atoms. The van der Waals surface area contributed by atoms with Gasteiger partial charge in [0.2, 0.25) is 5.91 Å². The standard InChI is InChI=1S/C23H29N3O3/c1-17-13-25(15-21(17)23(28)29)16-22(27)26-11-9-24(10-12-26)14-19-7-4-6-18-5-2-3-8-20(18)19/h2-8,17,21H,9-16H2,1H3,(H,28,29)/t17-,21-/m1/s1. The minimum atomic E-state index is -0.755. The lowest BCUT2D eigenvalue weighted by atomic mass is 9.99. The predicted molar refractivity (Wildman–Crippen MR) is 113 cm³/mol. The Morgan fingerprint density at radius 3 is 2.41 bits per heavy atom. The molecule has 1 amide bonds. The van der Waals surface area contributed by atoms with Crippen molar-refractivity contribution in [3.63, 3.8) is 0 Å². The zero-order valence-electron chi connectivity index (χ0n) is 17.0. The average Bonchev–Trinajstić information content (AvgIpc) is 3.09. The maximum absolute atomic E-state index is 12.7. The van der Waals surface area contributed by atoms with Crippen LogP contribution in [0.4, 0.5) is 0 Å². The van der Waals surface area contributed by atoms with Crippen LogP contribution in [0, 0.1) is 11.8 Å². The van der Waals surface area contributed by atoms with E-state index in [0.29, 0.717) is 19.6 Å². The van der Waals surface area contributed by atoms with Crippen molar-refractivity contribution in [1.82, 2.24) is 14.7 Å². The molecule has 2 fully saturated rings. The van der Waals surface area contributed by atoms with Gasteiger partial charge in [-0.1, -0.05) is 49.4 Å². The normalized spacial score (nSPS) is 23.6. The first-order valence-electron chi connectivity index (χ1n) is 10.4. The van der Waals surface area contributed by atoms with Crippen molar-refractivity contribution < 1.29 is 14.7 Å². The SMILES string of the molecule is C[C@@H]1CN(CC(=O)N2CCN(Cc3cccc4ccccc34)CC2)C[C@H]1C(=O)O. The molecule has 1 N–H and O–H groups in total. The number of aliphatic carboxylic acids is 1. The highest BCUT2D eigenvalue weighted by atomic mass is 16.4. The van der Waals surface area contributed by atoms with Gasteiger partial charge in [-0.2, -0.15) is 0 Å². The zero-order chi connectivity index (χ0) is 20.4. The molecule has 0 bridgehead atoms. The molecule has 0 aliphatic carbocycles. The lowest BCUT2D eigenvalue weighted by Gasteiger charge is -2.35. The maximum atomic E-state index is 12.7. The van der Waals surface area contributed by atoms with Gasteiger partial charge in [0.05, 0.1) is 12.5 Å². The van der Waals surface area contributed by atoms with E-state index < -0.39 is 5.97 Å². The van der Waals surface area contributed by atoms with Gasteiger partial charge in [0.25, 0.3) is 0 Å². The third kappa shape index (κ3) is 4.43. The number of rotatable bonds is 5. The van der Waals surface area contributed by atoms with E-state index in [1.165, 1.54) is 16.3 Å². The van der Waals surface area contributed by atoms with Crippen LogP contribution < -0.4 is 0 Å². The molecule has 2 aromatic carbocycles.